The van der Waals surface area contributed by atoms with Crippen LogP contribution < -0.4 is 0 Å². The Balaban J connectivity index is 2.05. The smallest absolute Gasteiger partial charge is 0.0797 e. The van der Waals surface area contributed by atoms with Gasteiger partial charge in [-0.05, 0) is 29.9 Å². The normalized spacial score (nSPS) is 10.2. The first kappa shape index (κ1) is 13.3. The Morgan fingerprint density at radius 3 is 2.50 bits per heavy atom. The summed E-state index contributed by atoms with van der Waals surface area (Å²) in [6, 6.07) is 2.18. The molecule has 0 radical (unpaired) electrons. The molecule has 1 heteroatoms. The van der Waals surface area contributed by atoms with Crippen molar-refractivity contribution in [2.75, 3.05) is 0 Å². The highest BCUT2D eigenvalue weighted by Crippen LogP contribution is 2.18. The molecular formula is C15H22S. The van der Waals surface area contributed by atoms with E-state index in [1.165, 1.54) is 50.5 Å². The third-order valence-corrected chi connectivity index (χ3v) is 3.82. The average Bonchev–Trinajstić information content (AvgIpc) is 2.75. The van der Waals surface area contributed by atoms with E-state index in [2.05, 4.69) is 24.3 Å². The number of terminal acetylenes is 1. The zero-order valence-corrected chi connectivity index (χ0v) is 11.1. The van der Waals surface area contributed by atoms with Crippen LogP contribution in [0.15, 0.2) is 11.4 Å². The number of hydrogen-bond acceptors (Lipinski definition) is 1. The molecule has 0 atom stereocenters. The number of rotatable bonds is 8. The van der Waals surface area contributed by atoms with Gasteiger partial charge in [0.25, 0.3) is 0 Å². The Morgan fingerprint density at radius 2 is 1.81 bits per heavy atom. The molecule has 0 N–H and O–H groups in total. The minimum absolute atomic E-state index is 1.13. The predicted molar refractivity (Wildman–Crippen MR) is 74.0 cm³/mol. The topological polar surface area (TPSA) is 0 Å². The van der Waals surface area contributed by atoms with Crippen LogP contribution in [-0.2, 0) is 6.42 Å². The van der Waals surface area contributed by atoms with Gasteiger partial charge < -0.3 is 0 Å². The van der Waals surface area contributed by atoms with Crippen LogP contribution in [0.1, 0.15) is 62.3 Å². The standard InChI is InChI=1S/C15H22S/c1-3-5-6-7-8-9-10-11-14-12-13-16-15(14)4-2/h2,12-13H,3,5-11H2,1H3. The second-order valence-electron chi connectivity index (χ2n) is 4.29. The maximum atomic E-state index is 5.44. The van der Waals surface area contributed by atoms with Crippen LogP contribution in [0.4, 0.5) is 0 Å². The van der Waals surface area contributed by atoms with Gasteiger partial charge in [0.2, 0.25) is 0 Å². The van der Waals surface area contributed by atoms with Gasteiger partial charge in [-0.25, -0.2) is 0 Å². The van der Waals surface area contributed by atoms with Crippen molar-refractivity contribution in [3.05, 3.63) is 21.9 Å². The van der Waals surface area contributed by atoms with Crippen LogP contribution in [0.3, 0.4) is 0 Å². The zero-order valence-electron chi connectivity index (χ0n) is 10.3. The van der Waals surface area contributed by atoms with Crippen molar-refractivity contribution in [3.63, 3.8) is 0 Å². The second kappa shape index (κ2) is 8.42. The minimum Gasteiger partial charge on any atom is -0.135 e. The zero-order chi connectivity index (χ0) is 11.6. The minimum atomic E-state index is 1.13. The first-order valence-electron chi connectivity index (χ1n) is 6.41. The molecule has 0 nitrogen and oxygen atoms in total. The molecule has 0 spiro atoms. The summed E-state index contributed by atoms with van der Waals surface area (Å²) in [6.45, 7) is 2.26. The number of unbranched alkanes of at least 4 members (excludes halogenated alkanes) is 6. The molecule has 1 aromatic rings. The van der Waals surface area contributed by atoms with Gasteiger partial charge >= 0.3 is 0 Å². The van der Waals surface area contributed by atoms with Gasteiger partial charge in [0.05, 0.1) is 4.88 Å². The summed E-state index contributed by atoms with van der Waals surface area (Å²) in [5.74, 6) is 2.76. The van der Waals surface area contributed by atoms with E-state index in [1.807, 2.05) is 0 Å². The van der Waals surface area contributed by atoms with E-state index >= 15 is 0 Å². The highest BCUT2D eigenvalue weighted by atomic mass is 32.1. The molecule has 0 amide bonds. The summed E-state index contributed by atoms with van der Waals surface area (Å²) in [5.41, 5.74) is 1.38. The van der Waals surface area contributed by atoms with Gasteiger partial charge in [0, 0.05) is 0 Å². The highest BCUT2D eigenvalue weighted by molar-refractivity contribution is 7.10. The van der Waals surface area contributed by atoms with E-state index < -0.39 is 0 Å². The van der Waals surface area contributed by atoms with Crippen LogP contribution in [0.5, 0.6) is 0 Å². The largest absolute Gasteiger partial charge is 0.135 e. The number of aryl methyl sites for hydroxylation is 1. The van der Waals surface area contributed by atoms with Crippen molar-refractivity contribution in [3.8, 4) is 12.3 Å². The maximum absolute atomic E-state index is 5.44. The fourth-order valence-corrected chi connectivity index (χ4v) is 2.69. The molecule has 0 aromatic carbocycles. The number of hydrogen-bond donors (Lipinski definition) is 0. The lowest BCUT2D eigenvalue weighted by Gasteiger charge is -2.01. The Bertz CT molecular complexity index is 316. The van der Waals surface area contributed by atoms with E-state index in [-0.39, 0.29) is 0 Å². The van der Waals surface area contributed by atoms with Crippen LogP contribution in [-0.4, -0.2) is 0 Å². The Morgan fingerprint density at radius 1 is 1.12 bits per heavy atom. The molecule has 0 unspecified atom stereocenters. The third kappa shape index (κ3) is 4.86. The molecule has 1 rings (SSSR count). The third-order valence-electron chi connectivity index (χ3n) is 2.93. The SMILES string of the molecule is C#Cc1sccc1CCCCCCCCC. The van der Waals surface area contributed by atoms with Crippen molar-refractivity contribution in [1.29, 1.82) is 0 Å². The van der Waals surface area contributed by atoms with Crippen molar-refractivity contribution < 1.29 is 0 Å². The summed E-state index contributed by atoms with van der Waals surface area (Å²) in [6.07, 6.45) is 16.2. The highest BCUT2D eigenvalue weighted by Gasteiger charge is 2.00. The molecule has 1 heterocycles. The van der Waals surface area contributed by atoms with Gasteiger partial charge in [-0.2, -0.15) is 0 Å². The molecule has 0 aliphatic carbocycles. The quantitative estimate of drug-likeness (QED) is 0.437. The van der Waals surface area contributed by atoms with E-state index in [0.717, 1.165) is 11.3 Å². The van der Waals surface area contributed by atoms with E-state index in [0.29, 0.717) is 0 Å². The molecule has 16 heavy (non-hydrogen) atoms. The molecular weight excluding hydrogens is 212 g/mol. The van der Waals surface area contributed by atoms with E-state index in [9.17, 15) is 0 Å². The lowest BCUT2D eigenvalue weighted by Crippen LogP contribution is -1.86. The molecule has 0 saturated carbocycles. The van der Waals surface area contributed by atoms with Crippen LogP contribution in [0, 0.1) is 12.3 Å². The second-order valence-corrected chi connectivity index (χ2v) is 5.21. The first-order valence-corrected chi connectivity index (χ1v) is 7.29. The summed E-state index contributed by atoms with van der Waals surface area (Å²) < 4.78 is 0. The first-order chi connectivity index (χ1) is 7.88. The fraction of sp³-hybridized carbons (Fsp3) is 0.600. The molecule has 88 valence electrons. The average molecular weight is 234 g/mol. The summed E-state index contributed by atoms with van der Waals surface area (Å²) in [5, 5.41) is 2.10. The molecule has 0 aliphatic heterocycles. The van der Waals surface area contributed by atoms with E-state index in [4.69, 9.17) is 6.42 Å². The summed E-state index contributed by atoms with van der Waals surface area (Å²) in [4.78, 5) is 1.13. The van der Waals surface area contributed by atoms with Crippen molar-refractivity contribution in [1.82, 2.24) is 0 Å². The fourth-order valence-electron chi connectivity index (χ4n) is 1.93. The lowest BCUT2D eigenvalue weighted by molar-refractivity contribution is 0.589. The molecule has 0 aliphatic rings. The van der Waals surface area contributed by atoms with Crippen molar-refractivity contribution >= 4 is 11.3 Å². The molecule has 0 fully saturated rings. The van der Waals surface area contributed by atoms with Crippen LogP contribution in [0.25, 0.3) is 0 Å². The molecule has 0 saturated heterocycles. The van der Waals surface area contributed by atoms with Crippen LogP contribution in [0.2, 0.25) is 0 Å². The van der Waals surface area contributed by atoms with Gasteiger partial charge in [0.15, 0.2) is 0 Å². The van der Waals surface area contributed by atoms with Crippen molar-refractivity contribution in [2.24, 2.45) is 0 Å². The van der Waals surface area contributed by atoms with Gasteiger partial charge in [-0.15, -0.1) is 17.8 Å². The predicted octanol–water partition coefficient (Wildman–Crippen LogP) is 5.02. The Hall–Kier alpha value is -0.740. The number of thiophene rings is 1. The maximum Gasteiger partial charge on any atom is 0.0797 e. The van der Waals surface area contributed by atoms with Crippen LogP contribution >= 0.6 is 11.3 Å². The summed E-state index contributed by atoms with van der Waals surface area (Å²) >= 11 is 1.69. The van der Waals surface area contributed by atoms with Gasteiger partial charge in [-0.3, -0.25) is 0 Å². The molecule has 1 aromatic heterocycles. The van der Waals surface area contributed by atoms with Gasteiger partial charge in [0.1, 0.15) is 0 Å². The Labute approximate surface area is 104 Å². The monoisotopic (exact) mass is 234 g/mol. The molecule has 0 bridgehead atoms. The summed E-state index contributed by atoms with van der Waals surface area (Å²) in [7, 11) is 0. The Kier molecular flexibility index (Phi) is 7.01. The van der Waals surface area contributed by atoms with Gasteiger partial charge in [-0.1, -0.05) is 51.4 Å². The van der Waals surface area contributed by atoms with E-state index in [1.54, 1.807) is 11.3 Å². The van der Waals surface area contributed by atoms with Crippen molar-refractivity contribution in [2.45, 2.75) is 58.3 Å². The lowest BCUT2D eigenvalue weighted by atomic mass is 10.1.